The minimum atomic E-state index is -0.197. The molecular formula is C17H21FN2. The molecule has 0 aromatic heterocycles. The summed E-state index contributed by atoms with van der Waals surface area (Å²) in [4.78, 5) is 0. The van der Waals surface area contributed by atoms with Crippen molar-refractivity contribution in [2.75, 3.05) is 11.6 Å². The number of nitrogens with one attached hydrogen (secondary N) is 1. The molecule has 1 unspecified atom stereocenters. The number of hydrogen-bond donors (Lipinski definition) is 1. The van der Waals surface area contributed by atoms with Crippen molar-refractivity contribution < 1.29 is 4.39 Å². The summed E-state index contributed by atoms with van der Waals surface area (Å²) in [7, 11) is 0. The zero-order valence-electron chi connectivity index (χ0n) is 12.0. The molecule has 106 valence electrons. The second-order valence-corrected chi connectivity index (χ2v) is 4.73. The molecule has 0 amide bonds. The van der Waals surface area contributed by atoms with Crippen LogP contribution in [0.25, 0.3) is 0 Å². The van der Waals surface area contributed by atoms with Crippen LogP contribution in [0.4, 0.5) is 10.1 Å². The first kappa shape index (κ1) is 14.5. The van der Waals surface area contributed by atoms with E-state index in [1.54, 1.807) is 6.07 Å². The van der Waals surface area contributed by atoms with Gasteiger partial charge in [-0.2, -0.15) is 0 Å². The van der Waals surface area contributed by atoms with Gasteiger partial charge in [-0.15, -0.1) is 0 Å². The summed E-state index contributed by atoms with van der Waals surface area (Å²) in [6.45, 7) is 4.84. The van der Waals surface area contributed by atoms with Gasteiger partial charge in [0.05, 0.1) is 11.7 Å². The van der Waals surface area contributed by atoms with E-state index >= 15 is 0 Å². The van der Waals surface area contributed by atoms with Gasteiger partial charge in [0.1, 0.15) is 5.82 Å². The molecule has 1 aromatic carbocycles. The maximum absolute atomic E-state index is 14.0. The van der Waals surface area contributed by atoms with Crippen molar-refractivity contribution in [1.29, 1.82) is 0 Å². The number of rotatable bonds is 4. The van der Waals surface area contributed by atoms with Gasteiger partial charge >= 0.3 is 0 Å². The Balaban J connectivity index is 2.33. The molecule has 1 heterocycles. The van der Waals surface area contributed by atoms with E-state index < -0.39 is 0 Å². The van der Waals surface area contributed by atoms with Crippen LogP contribution >= 0.6 is 0 Å². The van der Waals surface area contributed by atoms with Crippen molar-refractivity contribution in [3.63, 3.8) is 0 Å². The smallest absolute Gasteiger partial charge is 0.147 e. The molecule has 20 heavy (non-hydrogen) atoms. The Labute approximate surface area is 120 Å². The van der Waals surface area contributed by atoms with Crippen molar-refractivity contribution in [3.05, 3.63) is 66.0 Å². The Morgan fingerprint density at radius 3 is 2.80 bits per heavy atom. The minimum absolute atomic E-state index is 0.152. The predicted molar refractivity (Wildman–Crippen MR) is 83.0 cm³/mol. The van der Waals surface area contributed by atoms with Crippen LogP contribution in [-0.4, -0.2) is 12.6 Å². The first-order chi connectivity index (χ1) is 9.77. The van der Waals surface area contributed by atoms with Gasteiger partial charge in [-0.1, -0.05) is 42.5 Å². The third-order valence-electron chi connectivity index (χ3n) is 3.35. The summed E-state index contributed by atoms with van der Waals surface area (Å²) >= 11 is 0. The summed E-state index contributed by atoms with van der Waals surface area (Å²) in [6.07, 6.45) is 11.2. The summed E-state index contributed by atoms with van der Waals surface area (Å²) in [5.41, 5.74) is 5.06. The highest BCUT2D eigenvalue weighted by atomic mass is 19.1. The average Bonchev–Trinajstić information content (AvgIpc) is 2.93. The topological polar surface area (TPSA) is 15.3 Å². The molecule has 0 radical (unpaired) electrons. The van der Waals surface area contributed by atoms with Crippen LogP contribution in [0.3, 0.4) is 0 Å². The summed E-state index contributed by atoms with van der Waals surface area (Å²) in [6, 6.07) is 7.03. The molecule has 0 bridgehead atoms. The highest BCUT2D eigenvalue weighted by Gasteiger charge is 2.28. The van der Waals surface area contributed by atoms with Gasteiger partial charge in [0.2, 0.25) is 0 Å². The fourth-order valence-corrected chi connectivity index (χ4v) is 2.45. The fourth-order valence-electron chi connectivity index (χ4n) is 2.45. The second-order valence-electron chi connectivity index (χ2n) is 4.73. The number of para-hydroxylation sites is 1. The summed E-state index contributed by atoms with van der Waals surface area (Å²) in [5.74, 6) is -0.197. The molecule has 1 aliphatic rings. The maximum Gasteiger partial charge on any atom is 0.147 e. The standard InChI is InChI=1S/C17H21FN2/c1-3-5-9-14(8-4-2)16-12-13-19-20(16)17-11-7-6-10-15(17)18/h3-11,16,19H,12-13H2,1-2H3/b5-3?,8-4-,14-9+. The normalized spacial score (nSPS) is 20.4. The van der Waals surface area contributed by atoms with E-state index in [1.807, 2.05) is 49.2 Å². The molecule has 1 aromatic rings. The SMILES string of the molecule is CC=C/C=C(\C=C/C)C1CCNN1c1ccccc1F. The Morgan fingerprint density at radius 2 is 2.10 bits per heavy atom. The molecule has 2 nitrogen and oxygen atoms in total. The molecular weight excluding hydrogens is 251 g/mol. The zero-order chi connectivity index (χ0) is 14.4. The number of hydrogen-bond acceptors (Lipinski definition) is 2. The van der Waals surface area contributed by atoms with Crippen LogP contribution in [-0.2, 0) is 0 Å². The number of halogens is 1. The van der Waals surface area contributed by atoms with E-state index in [0.29, 0.717) is 5.69 Å². The molecule has 1 atom stereocenters. The van der Waals surface area contributed by atoms with E-state index in [9.17, 15) is 4.39 Å². The van der Waals surface area contributed by atoms with Gasteiger partial charge < -0.3 is 0 Å². The Kier molecular flexibility index (Phi) is 5.13. The van der Waals surface area contributed by atoms with E-state index in [2.05, 4.69) is 17.6 Å². The lowest BCUT2D eigenvalue weighted by Crippen LogP contribution is -2.38. The summed E-state index contributed by atoms with van der Waals surface area (Å²) in [5, 5.41) is 1.94. The van der Waals surface area contributed by atoms with Crippen molar-refractivity contribution >= 4 is 5.69 Å². The van der Waals surface area contributed by atoms with E-state index in [-0.39, 0.29) is 11.9 Å². The number of benzene rings is 1. The third kappa shape index (κ3) is 3.17. The van der Waals surface area contributed by atoms with Crippen LogP contribution in [0.15, 0.2) is 60.2 Å². The lowest BCUT2D eigenvalue weighted by molar-refractivity contribution is 0.605. The highest BCUT2D eigenvalue weighted by molar-refractivity contribution is 5.52. The van der Waals surface area contributed by atoms with Gasteiger partial charge in [-0.05, 0) is 38.0 Å². The average molecular weight is 272 g/mol. The van der Waals surface area contributed by atoms with Gasteiger partial charge in [-0.3, -0.25) is 5.01 Å². The third-order valence-corrected chi connectivity index (χ3v) is 3.35. The van der Waals surface area contributed by atoms with Gasteiger partial charge in [0, 0.05) is 6.54 Å². The van der Waals surface area contributed by atoms with Gasteiger partial charge in [-0.25, -0.2) is 9.82 Å². The van der Waals surface area contributed by atoms with Crippen LogP contribution in [0, 0.1) is 5.82 Å². The Morgan fingerprint density at radius 1 is 1.30 bits per heavy atom. The molecule has 0 aliphatic carbocycles. The quantitative estimate of drug-likeness (QED) is 0.834. The van der Waals surface area contributed by atoms with Crippen molar-refractivity contribution in [3.8, 4) is 0 Å². The van der Waals surface area contributed by atoms with Crippen LogP contribution in [0.1, 0.15) is 20.3 Å². The number of hydrazine groups is 1. The van der Waals surface area contributed by atoms with Crippen molar-refractivity contribution in [1.82, 2.24) is 5.43 Å². The first-order valence-corrected chi connectivity index (χ1v) is 7.00. The van der Waals surface area contributed by atoms with Crippen molar-refractivity contribution in [2.24, 2.45) is 0 Å². The molecule has 0 saturated carbocycles. The number of nitrogens with zero attached hydrogens (tertiary/aromatic N) is 1. The molecule has 3 heteroatoms. The molecule has 1 saturated heterocycles. The number of anilines is 1. The monoisotopic (exact) mass is 272 g/mol. The zero-order valence-corrected chi connectivity index (χ0v) is 12.0. The van der Waals surface area contributed by atoms with Gasteiger partial charge in [0.25, 0.3) is 0 Å². The summed E-state index contributed by atoms with van der Waals surface area (Å²) < 4.78 is 14.0. The molecule has 1 aliphatic heterocycles. The highest BCUT2D eigenvalue weighted by Crippen LogP contribution is 2.27. The van der Waals surface area contributed by atoms with E-state index in [4.69, 9.17) is 0 Å². The maximum atomic E-state index is 14.0. The largest absolute Gasteiger partial charge is 0.298 e. The first-order valence-electron chi connectivity index (χ1n) is 7.00. The Hall–Kier alpha value is -1.87. The van der Waals surface area contributed by atoms with Crippen LogP contribution in [0.5, 0.6) is 0 Å². The van der Waals surface area contributed by atoms with Crippen molar-refractivity contribution in [2.45, 2.75) is 26.3 Å². The minimum Gasteiger partial charge on any atom is -0.298 e. The fraction of sp³-hybridized carbons (Fsp3) is 0.294. The molecule has 1 fully saturated rings. The van der Waals surface area contributed by atoms with Crippen LogP contribution < -0.4 is 10.4 Å². The molecule has 2 rings (SSSR count). The molecule has 0 spiro atoms. The lowest BCUT2D eigenvalue weighted by Gasteiger charge is -2.27. The van der Waals surface area contributed by atoms with Gasteiger partial charge in [0.15, 0.2) is 0 Å². The molecule has 1 N–H and O–H groups in total. The van der Waals surface area contributed by atoms with E-state index in [0.717, 1.165) is 13.0 Å². The lowest BCUT2D eigenvalue weighted by atomic mass is 10.0. The van der Waals surface area contributed by atoms with E-state index in [1.165, 1.54) is 11.6 Å². The predicted octanol–water partition coefficient (Wildman–Crippen LogP) is 3.99. The number of allylic oxidation sites excluding steroid dienone is 4. The van der Waals surface area contributed by atoms with Crippen LogP contribution in [0.2, 0.25) is 0 Å². The second kappa shape index (κ2) is 7.06. The Bertz CT molecular complexity index is 532.